The van der Waals surface area contributed by atoms with E-state index in [1.54, 1.807) is 6.07 Å². The lowest BCUT2D eigenvalue weighted by Crippen LogP contribution is -1.97. The maximum absolute atomic E-state index is 13.3. The van der Waals surface area contributed by atoms with Crippen LogP contribution in [0.3, 0.4) is 0 Å². The zero-order valence-corrected chi connectivity index (χ0v) is 11.3. The normalized spacial score (nSPS) is 9.85. The monoisotopic (exact) mass is 337 g/mol. The summed E-state index contributed by atoms with van der Waals surface area (Å²) in [5.41, 5.74) is -0.785. The number of nitriles is 1. The SMILES string of the molecule is N#Cc1nc(Oc2ccc(Br)c(F)c2)ccc1[N+](=O)[O-]. The Balaban J connectivity index is 2.32. The van der Waals surface area contributed by atoms with E-state index in [0.29, 0.717) is 0 Å². The molecule has 0 unspecified atom stereocenters. The van der Waals surface area contributed by atoms with Gasteiger partial charge in [0.1, 0.15) is 17.6 Å². The van der Waals surface area contributed by atoms with Gasteiger partial charge >= 0.3 is 5.69 Å². The molecule has 0 atom stereocenters. The van der Waals surface area contributed by atoms with E-state index in [0.717, 1.165) is 12.1 Å². The Morgan fingerprint density at radius 2 is 2.15 bits per heavy atom. The molecule has 1 aromatic carbocycles. The van der Waals surface area contributed by atoms with Crippen molar-refractivity contribution in [3.63, 3.8) is 0 Å². The van der Waals surface area contributed by atoms with Crippen LogP contribution in [0.25, 0.3) is 0 Å². The van der Waals surface area contributed by atoms with Crippen molar-refractivity contribution in [2.45, 2.75) is 0 Å². The molecule has 8 heteroatoms. The highest BCUT2D eigenvalue weighted by Crippen LogP contribution is 2.26. The Labute approximate surface area is 120 Å². The first-order valence-corrected chi connectivity index (χ1v) is 5.99. The Bertz CT molecular complexity index is 730. The van der Waals surface area contributed by atoms with Crippen LogP contribution in [-0.4, -0.2) is 9.91 Å². The average Bonchev–Trinajstić information content (AvgIpc) is 2.42. The van der Waals surface area contributed by atoms with Crippen LogP contribution in [0, 0.1) is 27.3 Å². The Hall–Kier alpha value is -2.53. The summed E-state index contributed by atoms with van der Waals surface area (Å²) in [5, 5.41) is 19.5. The Morgan fingerprint density at radius 1 is 1.40 bits per heavy atom. The van der Waals surface area contributed by atoms with E-state index in [4.69, 9.17) is 10.00 Å². The fraction of sp³-hybridized carbons (Fsp3) is 0. The number of ether oxygens (including phenoxy) is 1. The highest BCUT2D eigenvalue weighted by molar-refractivity contribution is 9.10. The molecule has 0 saturated carbocycles. The van der Waals surface area contributed by atoms with Gasteiger partial charge < -0.3 is 4.74 Å². The van der Waals surface area contributed by atoms with E-state index in [1.165, 1.54) is 18.2 Å². The second-order valence-electron chi connectivity index (χ2n) is 3.56. The van der Waals surface area contributed by atoms with Gasteiger partial charge in [-0.05, 0) is 28.1 Å². The topological polar surface area (TPSA) is 89.0 Å². The quantitative estimate of drug-likeness (QED) is 0.631. The summed E-state index contributed by atoms with van der Waals surface area (Å²) >= 11 is 3.00. The predicted octanol–water partition coefficient (Wildman–Crippen LogP) is 3.56. The average molecular weight is 338 g/mol. The minimum Gasteiger partial charge on any atom is -0.439 e. The summed E-state index contributed by atoms with van der Waals surface area (Å²) in [6, 6.07) is 8.01. The van der Waals surface area contributed by atoms with Gasteiger partial charge in [0, 0.05) is 18.2 Å². The second kappa shape index (κ2) is 5.63. The molecular weight excluding hydrogens is 333 g/mol. The minimum atomic E-state index is -0.714. The third kappa shape index (κ3) is 2.89. The first kappa shape index (κ1) is 13.9. The summed E-state index contributed by atoms with van der Waals surface area (Å²) in [6.07, 6.45) is 0. The van der Waals surface area contributed by atoms with Gasteiger partial charge in [-0.2, -0.15) is 10.2 Å². The van der Waals surface area contributed by atoms with Crippen molar-refractivity contribution in [3.05, 3.63) is 56.4 Å². The van der Waals surface area contributed by atoms with Crippen LogP contribution < -0.4 is 4.74 Å². The van der Waals surface area contributed by atoms with Gasteiger partial charge in [0.2, 0.25) is 11.6 Å². The van der Waals surface area contributed by atoms with Crippen molar-refractivity contribution in [1.82, 2.24) is 4.98 Å². The molecule has 0 saturated heterocycles. The van der Waals surface area contributed by atoms with E-state index >= 15 is 0 Å². The fourth-order valence-corrected chi connectivity index (χ4v) is 1.63. The molecule has 0 amide bonds. The molecule has 1 heterocycles. The highest BCUT2D eigenvalue weighted by Gasteiger charge is 2.16. The molecular formula is C12H5BrFN3O3. The van der Waals surface area contributed by atoms with Gasteiger partial charge in [-0.3, -0.25) is 10.1 Å². The molecule has 0 aliphatic rings. The van der Waals surface area contributed by atoms with E-state index in [9.17, 15) is 14.5 Å². The van der Waals surface area contributed by atoms with E-state index in [1.807, 2.05) is 0 Å². The van der Waals surface area contributed by atoms with E-state index < -0.39 is 16.4 Å². The number of hydrogen-bond donors (Lipinski definition) is 0. The number of rotatable bonds is 3. The Morgan fingerprint density at radius 3 is 2.75 bits per heavy atom. The van der Waals surface area contributed by atoms with Crippen LogP contribution in [0.1, 0.15) is 5.69 Å². The van der Waals surface area contributed by atoms with Crippen LogP contribution in [0.2, 0.25) is 0 Å². The van der Waals surface area contributed by atoms with E-state index in [2.05, 4.69) is 20.9 Å². The van der Waals surface area contributed by atoms with Crippen molar-refractivity contribution in [2.24, 2.45) is 0 Å². The van der Waals surface area contributed by atoms with Crippen molar-refractivity contribution in [1.29, 1.82) is 5.26 Å². The lowest BCUT2D eigenvalue weighted by atomic mass is 10.3. The molecule has 0 N–H and O–H groups in total. The summed E-state index contributed by atoms with van der Waals surface area (Å²) in [7, 11) is 0. The molecule has 1 aromatic heterocycles. The smallest absolute Gasteiger partial charge is 0.305 e. The van der Waals surface area contributed by atoms with Gasteiger partial charge in [0.05, 0.1) is 9.40 Å². The first-order valence-electron chi connectivity index (χ1n) is 5.19. The first-order chi connectivity index (χ1) is 9.51. The number of pyridine rings is 1. The van der Waals surface area contributed by atoms with Gasteiger partial charge in [0.15, 0.2) is 0 Å². The van der Waals surface area contributed by atoms with Crippen LogP contribution in [0.5, 0.6) is 11.6 Å². The lowest BCUT2D eigenvalue weighted by Gasteiger charge is -2.05. The Kier molecular flexibility index (Phi) is 3.91. The summed E-state index contributed by atoms with van der Waals surface area (Å²) < 4.78 is 18.8. The molecule has 2 rings (SSSR count). The van der Waals surface area contributed by atoms with Crippen molar-refractivity contribution in [3.8, 4) is 17.7 Å². The molecule has 0 radical (unpaired) electrons. The van der Waals surface area contributed by atoms with Gasteiger partial charge in [-0.1, -0.05) is 0 Å². The van der Waals surface area contributed by atoms with Gasteiger partial charge in [-0.15, -0.1) is 0 Å². The molecule has 0 aliphatic heterocycles. The van der Waals surface area contributed by atoms with Crippen LogP contribution in [0.4, 0.5) is 10.1 Å². The molecule has 0 aliphatic carbocycles. The molecule has 0 bridgehead atoms. The number of benzene rings is 1. The molecule has 100 valence electrons. The van der Waals surface area contributed by atoms with Crippen molar-refractivity contribution in [2.75, 3.05) is 0 Å². The standard InChI is InChI=1S/C12H5BrFN3O3/c13-8-2-1-7(5-9(8)14)20-12-4-3-11(17(18)19)10(6-15)16-12/h1-5H. The maximum Gasteiger partial charge on any atom is 0.305 e. The molecule has 20 heavy (non-hydrogen) atoms. The van der Waals surface area contributed by atoms with E-state index in [-0.39, 0.29) is 21.8 Å². The van der Waals surface area contributed by atoms with Crippen LogP contribution in [0.15, 0.2) is 34.8 Å². The third-order valence-electron chi connectivity index (χ3n) is 2.26. The lowest BCUT2D eigenvalue weighted by molar-refractivity contribution is -0.385. The zero-order chi connectivity index (χ0) is 14.7. The zero-order valence-electron chi connectivity index (χ0n) is 9.71. The molecule has 6 nitrogen and oxygen atoms in total. The number of hydrogen-bond acceptors (Lipinski definition) is 5. The predicted molar refractivity (Wildman–Crippen MR) is 69.8 cm³/mol. The van der Waals surface area contributed by atoms with Crippen molar-refractivity contribution >= 4 is 21.6 Å². The molecule has 0 spiro atoms. The third-order valence-corrected chi connectivity index (χ3v) is 2.91. The molecule has 2 aromatic rings. The minimum absolute atomic E-state index is 0.0335. The number of nitrogens with zero attached hydrogens (tertiary/aromatic N) is 3. The largest absolute Gasteiger partial charge is 0.439 e. The van der Waals surface area contributed by atoms with Gasteiger partial charge in [0.25, 0.3) is 0 Å². The summed E-state index contributed by atoms with van der Waals surface area (Å²) in [6.45, 7) is 0. The molecule has 0 fully saturated rings. The number of nitro groups is 1. The van der Waals surface area contributed by atoms with Crippen LogP contribution in [-0.2, 0) is 0 Å². The van der Waals surface area contributed by atoms with Gasteiger partial charge in [-0.25, -0.2) is 4.39 Å². The highest BCUT2D eigenvalue weighted by atomic mass is 79.9. The number of aromatic nitrogens is 1. The van der Waals surface area contributed by atoms with Crippen molar-refractivity contribution < 1.29 is 14.1 Å². The second-order valence-corrected chi connectivity index (χ2v) is 4.42. The maximum atomic E-state index is 13.3. The van der Waals surface area contributed by atoms with Crippen LogP contribution >= 0.6 is 15.9 Å². The number of halogens is 2. The summed E-state index contributed by atoms with van der Waals surface area (Å²) in [5.74, 6) is -0.394. The summed E-state index contributed by atoms with van der Waals surface area (Å²) in [4.78, 5) is 13.6. The fourth-order valence-electron chi connectivity index (χ4n) is 1.38.